The third-order valence-corrected chi connectivity index (χ3v) is 5.64. The Morgan fingerprint density at radius 3 is 2.59 bits per heavy atom. The Kier molecular flexibility index (Phi) is 5.93. The van der Waals surface area contributed by atoms with Crippen molar-refractivity contribution >= 4 is 27.9 Å². The van der Waals surface area contributed by atoms with Gasteiger partial charge in [0, 0.05) is 24.1 Å². The number of aromatic nitrogens is 3. The molecule has 0 saturated heterocycles. The molecule has 0 fully saturated rings. The molecule has 7 heteroatoms. The Hall–Kier alpha value is -4.23. The molecule has 0 atom stereocenters. The third kappa shape index (κ3) is 4.09. The number of rotatable bonds is 7. The van der Waals surface area contributed by atoms with E-state index in [4.69, 9.17) is 19.2 Å². The molecule has 34 heavy (non-hydrogen) atoms. The van der Waals surface area contributed by atoms with Gasteiger partial charge in [0.1, 0.15) is 24.5 Å². The average molecular weight is 453 g/mol. The highest BCUT2D eigenvalue weighted by Crippen LogP contribution is 2.29. The van der Waals surface area contributed by atoms with Crippen LogP contribution in [0.15, 0.2) is 79.1 Å². The summed E-state index contributed by atoms with van der Waals surface area (Å²) >= 11 is 0. The van der Waals surface area contributed by atoms with Crippen LogP contribution in [-0.4, -0.2) is 47.9 Å². The summed E-state index contributed by atoms with van der Waals surface area (Å²) in [5.74, 6) is 1.16. The minimum atomic E-state index is -0.357. The molecule has 0 aliphatic rings. The number of ether oxygens (including phenoxy) is 3. The van der Waals surface area contributed by atoms with Gasteiger partial charge in [0.25, 0.3) is 0 Å². The number of esters is 1. The van der Waals surface area contributed by atoms with Gasteiger partial charge in [0.2, 0.25) is 0 Å². The van der Waals surface area contributed by atoms with Crippen LogP contribution in [0.3, 0.4) is 0 Å². The maximum absolute atomic E-state index is 11.8. The number of methoxy groups -OCH3 is 2. The van der Waals surface area contributed by atoms with Crippen molar-refractivity contribution in [3.8, 4) is 22.7 Å². The fourth-order valence-electron chi connectivity index (χ4n) is 3.92. The molecule has 0 aliphatic carbocycles. The van der Waals surface area contributed by atoms with Crippen molar-refractivity contribution in [3.63, 3.8) is 0 Å². The fourth-order valence-corrected chi connectivity index (χ4v) is 3.92. The maximum Gasteiger partial charge on any atom is 0.337 e. The van der Waals surface area contributed by atoms with Gasteiger partial charge in [-0.1, -0.05) is 30.3 Å². The van der Waals surface area contributed by atoms with Crippen LogP contribution < -0.4 is 4.74 Å². The van der Waals surface area contributed by atoms with Crippen LogP contribution in [0.4, 0.5) is 0 Å². The number of nitrogens with zero attached hydrogens (tertiary/aromatic N) is 3. The summed E-state index contributed by atoms with van der Waals surface area (Å²) < 4.78 is 17.5. The topological polar surface area (TPSA) is 75.5 Å². The van der Waals surface area contributed by atoms with E-state index in [0.29, 0.717) is 18.8 Å². The molecule has 5 rings (SSSR count). The van der Waals surface area contributed by atoms with Gasteiger partial charge < -0.3 is 14.2 Å². The molecule has 5 aromatic rings. The first-order valence-electron chi connectivity index (χ1n) is 10.9. The zero-order chi connectivity index (χ0) is 23.5. The number of hydrogen-bond donors (Lipinski definition) is 0. The standard InChI is InChI=1S/C27H23N3O4/c1-32-14-15-34-21-11-12-24-23(16-21)28-17-30(24)25-13-10-19-4-3-5-22(26(19)29-25)18-6-8-20(9-7-18)27(31)33-2/h3-13,16-17H,14-15H2,1-2H3. The number of para-hydroxylation sites is 1. The van der Waals surface area contributed by atoms with Crippen LogP contribution in [0, 0.1) is 0 Å². The molecule has 0 radical (unpaired) electrons. The molecule has 0 spiro atoms. The second-order valence-electron chi connectivity index (χ2n) is 7.72. The second-order valence-corrected chi connectivity index (χ2v) is 7.72. The smallest absolute Gasteiger partial charge is 0.337 e. The van der Waals surface area contributed by atoms with Gasteiger partial charge in [-0.25, -0.2) is 14.8 Å². The molecule has 2 aromatic heterocycles. The number of imidazole rings is 1. The number of carbonyl (C=O) groups is 1. The summed E-state index contributed by atoms with van der Waals surface area (Å²) in [5.41, 5.74) is 5.09. The highest BCUT2D eigenvalue weighted by molar-refractivity contribution is 5.95. The SMILES string of the molecule is COCCOc1ccc2c(c1)ncn2-c1ccc2cccc(-c3ccc(C(=O)OC)cc3)c2n1. The lowest BCUT2D eigenvalue weighted by atomic mass is 10.0. The van der Waals surface area contributed by atoms with E-state index in [9.17, 15) is 4.79 Å². The van der Waals surface area contributed by atoms with Crippen molar-refractivity contribution in [2.45, 2.75) is 0 Å². The Balaban J connectivity index is 1.53. The second kappa shape index (κ2) is 9.33. The molecular weight excluding hydrogens is 430 g/mol. The molecule has 0 amide bonds. The molecule has 7 nitrogen and oxygen atoms in total. The zero-order valence-corrected chi connectivity index (χ0v) is 18.9. The molecule has 0 N–H and O–H groups in total. The number of benzene rings is 3. The van der Waals surface area contributed by atoms with E-state index in [1.165, 1.54) is 7.11 Å². The molecule has 0 saturated carbocycles. The normalized spacial score (nSPS) is 11.1. The monoisotopic (exact) mass is 453 g/mol. The van der Waals surface area contributed by atoms with Crippen LogP contribution in [0.25, 0.3) is 38.9 Å². The molecule has 0 aliphatic heterocycles. The zero-order valence-electron chi connectivity index (χ0n) is 18.9. The first-order valence-corrected chi connectivity index (χ1v) is 10.9. The Morgan fingerprint density at radius 2 is 1.79 bits per heavy atom. The minimum Gasteiger partial charge on any atom is -0.491 e. The van der Waals surface area contributed by atoms with Gasteiger partial charge in [-0.15, -0.1) is 0 Å². The van der Waals surface area contributed by atoms with E-state index in [1.807, 2.05) is 59.2 Å². The van der Waals surface area contributed by atoms with Crippen molar-refractivity contribution < 1.29 is 19.0 Å². The van der Waals surface area contributed by atoms with Gasteiger partial charge in [0.15, 0.2) is 0 Å². The van der Waals surface area contributed by atoms with Gasteiger partial charge in [-0.3, -0.25) is 4.57 Å². The number of pyridine rings is 1. The van der Waals surface area contributed by atoms with Gasteiger partial charge in [0.05, 0.1) is 35.8 Å². The summed E-state index contributed by atoms with van der Waals surface area (Å²) in [4.78, 5) is 21.3. The van der Waals surface area contributed by atoms with Crippen LogP contribution >= 0.6 is 0 Å². The molecular formula is C27H23N3O4. The number of hydrogen-bond acceptors (Lipinski definition) is 6. The van der Waals surface area contributed by atoms with Crippen molar-refractivity contribution in [3.05, 3.63) is 84.7 Å². The molecule has 0 unspecified atom stereocenters. The molecule has 170 valence electrons. The predicted molar refractivity (Wildman–Crippen MR) is 131 cm³/mol. The largest absolute Gasteiger partial charge is 0.491 e. The van der Waals surface area contributed by atoms with E-state index in [2.05, 4.69) is 11.1 Å². The summed E-state index contributed by atoms with van der Waals surface area (Å²) in [5, 5.41) is 1.02. The van der Waals surface area contributed by atoms with Crippen molar-refractivity contribution in [2.24, 2.45) is 0 Å². The third-order valence-electron chi connectivity index (χ3n) is 5.64. The van der Waals surface area contributed by atoms with Crippen molar-refractivity contribution in [1.82, 2.24) is 14.5 Å². The minimum absolute atomic E-state index is 0.357. The van der Waals surface area contributed by atoms with E-state index in [0.717, 1.165) is 44.6 Å². The lowest BCUT2D eigenvalue weighted by molar-refractivity contribution is 0.0600. The van der Waals surface area contributed by atoms with E-state index in [-0.39, 0.29) is 5.97 Å². The molecule has 3 aromatic carbocycles. The predicted octanol–water partition coefficient (Wildman–Crippen LogP) is 5.05. The van der Waals surface area contributed by atoms with Crippen LogP contribution in [0.5, 0.6) is 5.75 Å². The quantitative estimate of drug-likeness (QED) is 0.254. The highest BCUT2D eigenvalue weighted by Gasteiger charge is 2.12. The van der Waals surface area contributed by atoms with Gasteiger partial charge >= 0.3 is 5.97 Å². The van der Waals surface area contributed by atoms with E-state index in [1.54, 1.807) is 25.6 Å². The first-order chi connectivity index (χ1) is 16.7. The van der Waals surface area contributed by atoms with E-state index >= 15 is 0 Å². The Morgan fingerprint density at radius 1 is 0.941 bits per heavy atom. The number of fused-ring (bicyclic) bond motifs is 2. The Labute approximate surface area is 196 Å². The average Bonchev–Trinajstić information content (AvgIpc) is 3.31. The van der Waals surface area contributed by atoms with Gasteiger partial charge in [-0.2, -0.15) is 0 Å². The van der Waals surface area contributed by atoms with Crippen molar-refractivity contribution in [1.29, 1.82) is 0 Å². The summed E-state index contributed by atoms with van der Waals surface area (Å²) in [6.07, 6.45) is 1.77. The molecule has 0 bridgehead atoms. The van der Waals surface area contributed by atoms with Crippen LogP contribution in [0.1, 0.15) is 10.4 Å². The lowest BCUT2D eigenvalue weighted by Gasteiger charge is -2.10. The van der Waals surface area contributed by atoms with Crippen LogP contribution in [0.2, 0.25) is 0 Å². The van der Waals surface area contributed by atoms with Crippen LogP contribution in [-0.2, 0) is 9.47 Å². The van der Waals surface area contributed by atoms with E-state index < -0.39 is 0 Å². The summed E-state index contributed by atoms with van der Waals surface area (Å²) in [6, 6.07) is 23.3. The summed E-state index contributed by atoms with van der Waals surface area (Å²) in [7, 11) is 3.02. The van der Waals surface area contributed by atoms with Gasteiger partial charge in [-0.05, 0) is 42.0 Å². The first kappa shape index (κ1) is 21.6. The maximum atomic E-state index is 11.8. The highest BCUT2D eigenvalue weighted by atomic mass is 16.5. The number of carbonyl (C=O) groups excluding carboxylic acids is 1. The van der Waals surface area contributed by atoms with Crippen molar-refractivity contribution in [2.75, 3.05) is 27.4 Å². The Bertz CT molecular complexity index is 1480. The fraction of sp³-hybridized carbons (Fsp3) is 0.148. The molecule has 2 heterocycles. The summed E-state index contributed by atoms with van der Waals surface area (Å²) in [6.45, 7) is 1.01. The lowest BCUT2D eigenvalue weighted by Crippen LogP contribution is -2.04.